The zero-order valence-corrected chi connectivity index (χ0v) is 15.1. The molecule has 2 aromatic rings. The first-order chi connectivity index (χ1) is 11.8. The van der Waals surface area contributed by atoms with Crippen LogP contribution in [-0.2, 0) is 9.59 Å². The van der Waals surface area contributed by atoms with Gasteiger partial charge in [0.2, 0.25) is 11.8 Å². The smallest absolute Gasteiger partial charge is 0.246 e. The van der Waals surface area contributed by atoms with E-state index >= 15 is 0 Å². The summed E-state index contributed by atoms with van der Waals surface area (Å²) in [6, 6.07) is 14.6. The molecule has 5 nitrogen and oxygen atoms in total. The van der Waals surface area contributed by atoms with E-state index in [1.807, 2.05) is 69.3 Å². The minimum atomic E-state index is -0.391. The highest BCUT2D eigenvalue weighted by atomic mass is 16.2. The van der Waals surface area contributed by atoms with Crippen LogP contribution >= 0.6 is 0 Å². The minimum Gasteiger partial charge on any atom is -0.374 e. The molecule has 0 fully saturated rings. The Morgan fingerprint density at radius 1 is 0.720 bits per heavy atom. The van der Waals surface area contributed by atoms with E-state index in [2.05, 4.69) is 16.0 Å². The summed E-state index contributed by atoms with van der Waals surface area (Å²) < 4.78 is 0. The van der Waals surface area contributed by atoms with E-state index in [0.717, 1.165) is 22.6 Å². The van der Waals surface area contributed by atoms with Gasteiger partial charge in [-0.1, -0.05) is 31.5 Å². The lowest BCUT2D eigenvalue weighted by Crippen LogP contribution is -2.31. The van der Waals surface area contributed by atoms with Crippen molar-refractivity contribution in [2.75, 3.05) is 16.0 Å². The van der Waals surface area contributed by atoms with Gasteiger partial charge in [-0.3, -0.25) is 9.59 Å². The molecule has 0 aliphatic carbocycles. The molecule has 1 atom stereocenters. The average Bonchev–Trinajstić information content (AvgIpc) is 2.58. The number of hydrogen-bond donors (Lipinski definition) is 3. The molecule has 2 aromatic carbocycles. The average molecular weight is 339 g/mol. The van der Waals surface area contributed by atoms with Gasteiger partial charge in [0, 0.05) is 23.0 Å². The fourth-order valence-corrected chi connectivity index (χ4v) is 2.14. The number of rotatable bonds is 6. The molecule has 25 heavy (non-hydrogen) atoms. The normalized spacial score (nSPS) is 11.7. The molecule has 0 saturated heterocycles. The molecular formula is C20H25N3O2. The van der Waals surface area contributed by atoms with Crippen LogP contribution in [0.15, 0.2) is 48.5 Å². The summed E-state index contributed by atoms with van der Waals surface area (Å²) in [6.07, 6.45) is 0. The number of benzene rings is 2. The molecule has 5 heteroatoms. The summed E-state index contributed by atoms with van der Waals surface area (Å²) in [7, 11) is 0. The van der Waals surface area contributed by atoms with E-state index in [9.17, 15) is 9.59 Å². The highest BCUT2D eigenvalue weighted by Crippen LogP contribution is 2.16. The maximum absolute atomic E-state index is 12.3. The van der Waals surface area contributed by atoms with Crippen LogP contribution in [0, 0.1) is 12.8 Å². The Balaban J connectivity index is 1.91. The van der Waals surface area contributed by atoms with Gasteiger partial charge < -0.3 is 16.0 Å². The zero-order valence-electron chi connectivity index (χ0n) is 15.1. The lowest BCUT2D eigenvalue weighted by atomic mass is 10.2. The molecule has 0 bridgehead atoms. The van der Waals surface area contributed by atoms with Crippen molar-refractivity contribution in [1.82, 2.24) is 0 Å². The molecule has 2 rings (SSSR count). The van der Waals surface area contributed by atoms with Crippen LogP contribution in [0.4, 0.5) is 17.1 Å². The van der Waals surface area contributed by atoms with Crippen LogP contribution < -0.4 is 16.0 Å². The van der Waals surface area contributed by atoms with Crippen LogP contribution in [-0.4, -0.2) is 17.9 Å². The molecule has 2 amide bonds. The van der Waals surface area contributed by atoms with E-state index in [4.69, 9.17) is 0 Å². The fourth-order valence-electron chi connectivity index (χ4n) is 2.14. The van der Waals surface area contributed by atoms with Crippen LogP contribution in [0.2, 0.25) is 0 Å². The van der Waals surface area contributed by atoms with Gasteiger partial charge in [-0.05, 0) is 50.2 Å². The quantitative estimate of drug-likeness (QED) is 0.744. The fraction of sp³-hybridized carbons (Fsp3) is 0.300. The zero-order chi connectivity index (χ0) is 18.4. The highest BCUT2D eigenvalue weighted by Gasteiger charge is 2.13. The third-order valence-corrected chi connectivity index (χ3v) is 3.77. The van der Waals surface area contributed by atoms with Gasteiger partial charge in [0.15, 0.2) is 0 Å². The Bertz CT molecular complexity index is 722. The number of aryl methyl sites for hydroxylation is 1. The molecule has 0 spiro atoms. The SMILES string of the molecule is Cc1ccc(NC(=O)C(C)Nc2ccc(NC(=O)C(C)C)cc2)cc1. The van der Waals surface area contributed by atoms with Gasteiger partial charge in [0.05, 0.1) is 0 Å². The first-order valence-electron chi connectivity index (χ1n) is 8.40. The third kappa shape index (κ3) is 5.64. The van der Waals surface area contributed by atoms with Crippen molar-refractivity contribution in [3.05, 3.63) is 54.1 Å². The van der Waals surface area contributed by atoms with Crippen LogP contribution in [0.1, 0.15) is 26.3 Å². The number of hydrogen-bond acceptors (Lipinski definition) is 3. The second-order valence-corrected chi connectivity index (χ2v) is 6.44. The van der Waals surface area contributed by atoms with Gasteiger partial charge in [-0.25, -0.2) is 0 Å². The first kappa shape index (κ1) is 18.5. The van der Waals surface area contributed by atoms with Gasteiger partial charge in [-0.2, -0.15) is 0 Å². The Morgan fingerprint density at radius 2 is 1.16 bits per heavy atom. The Morgan fingerprint density at radius 3 is 1.68 bits per heavy atom. The summed E-state index contributed by atoms with van der Waals surface area (Å²) >= 11 is 0. The maximum atomic E-state index is 12.3. The van der Waals surface area contributed by atoms with Crippen molar-refractivity contribution < 1.29 is 9.59 Å². The largest absolute Gasteiger partial charge is 0.374 e. The van der Waals surface area contributed by atoms with E-state index < -0.39 is 6.04 Å². The van der Waals surface area contributed by atoms with Crippen LogP contribution in [0.5, 0.6) is 0 Å². The van der Waals surface area contributed by atoms with Crippen molar-refractivity contribution in [2.45, 2.75) is 33.7 Å². The second kappa shape index (κ2) is 8.33. The number of amides is 2. The van der Waals surface area contributed by atoms with E-state index in [1.54, 1.807) is 6.92 Å². The van der Waals surface area contributed by atoms with Crippen molar-refractivity contribution in [1.29, 1.82) is 0 Å². The molecule has 3 N–H and O–H groups in total. The standard InChI is InChI=1S/C20H25N3O2/c1-13(2)19(24)22-18-11-9-16(10-12-18)21-15(4)20(25)23-17-7-5-14(3)6-8-17/h5-13,15,21H,1-4H3,(H,22,24)(H,23,25). The predicted molar refractivity (Wildman–Crippen MR) is 103 cm³/mol. The van der Waals surface area contributed by atoms with Gasteiger partial charge >= 0.3 is 0 Å². The van der Waals surface area contributed by atoms with Crippen molar-refractivity contribution in [3.8, 4) is 0 Å². The summed E-state index contributed by atoms with van der Waals surface area (Å²) in [4.78, 5) is 23.9. The van der Waals surface area contributed by atoms with Crippen LogP contribution in [0.3, 0.4) is 0 Å². The summed E-state index contributed by atoms with van der Waals surface area (Å²) in [5.41, 5.74) is 3.47. The number of anilines is 3. The molecule has 0 aromatic heterocycles. The summed E-state index contributed by atoms with van der Waals surface area (Å²) in [5.74, 6) is -0.198. The minimum absolute atomic E-state index is 0.0217. The van der Waals surface area contributed by atoms with Crippen molar-refractivity contribution in [2.24, 2.45) is 5.92 Å². The number of nitrogens with one attached hydrogen (secondary N) is 3. The van der Waals surface area contributed by atoms with Crippen molar-refractivity contribution >= 4 is 28.9 Å². The third-order valence-electron chi connectivity index (χ3n) is 3.77. The Hall–Kier alpha value is -2.82. The Kier molecular flexibility index (Phi) is 6.17. The Labute approximate surface area is 148 Å². The van der Waals surface area contributed by atoms with E-state index in [1.165, 1.54) is 0 Å². The number of carbonyl (C=O) groups excluding carboxylic acids is 2. The molecule has 0 saturated carbocycles. The molecule has 0 radical (unpaired) electrons. The van der Waals surface area contributed by atoms with Gasteiger partial charge in [0.1, 0.15) is 6.04 Å². The second-order valence-electron chi connectivity index (χ2n) is 6.44. The topological polar surface area (TPSA) is 70.2 Å². The molecular weight excluding hydrogens is 314 g/mol. The van der Waals surface area contributed by atoms with Gasteiger partial charge in [0.25, 0.3) is 0 Å². The summed E-state index contributed by atoms with van der Waals surface area (Å²) in [6.45, 7) is 7.50. The molecule has 0 heterocycles. The molecule has 132 valence electrons. The molecule has 0 aliphatic rings. The van der Waals surface area contributed by atoms with E-state index in [-0.39, 0.29) is 17.7 Å². The van der Waals surface area contributed by atoms with E-state index in [0.29, 0.717) is 0 Å². The summed E-state index contributed by atoms with van der Waals surface area (Å²) in [5, 5.41) is 8.87. The maximum Gasteiger partial charge on any atom is 0.246 e. The first-order valence-corrected chi connectivity index (χ1v) is 8.40. The lowest BCUT2D eigenvalue weighted by molar-refractivity contribution is -0.119. The molecule has 1 unspecified atom stereocenters. The predicted octanol–water partition coefficient (Wildman–Crippen LogP) is 4.03. The lowest BCUT2D eigenvalue weighted by Gasteiger charge is -2.16. The van der Waals surface area contributed by atoms with Crippen LogP contribution in [0.25, 0.3) is 0 Å². The highest BCUT2D eigenvalue weighted by molar-refractivity contribution is 5.96. The monoisotopic (exact) mass is 339 g/mol. The van der Waals surface area contributed by atoms with Gasteiger partial charge in [-0.15, -0.1) is 0 Å². The van der Waals surface area contributed by atoms with Crippen molar-refractivity contribution in [3.63, 3.8) is 0 Å². The number of carbonyl (C=O) groups is 2. The molecule has 0 aliphatic heterocycles.